The van der Waals surface area contributed by atoms with Crippen molar-refractivity contribution in [2.75, 3.05) is 6.54 Å². The van der Waals surface area contributed by atoms with Crippen LogP contribution in [0.2, 0.25) is 0 Å². The zero-order chi connectivity index (χ0) is 14.6. The summed E-state index contributed by atoms with van der Waals surface area (Å²) in [6.45, 7) is 7.84. The van der Waals surface area contributed by atoms with E-state index in [4.69, 9.17) is 0 Å². The maximum Gasteiger partial charge on any atom is 0.0417 e. The third-order valence-corrected chi connectivity index (χ3v) is 5.10. The fourth-order valence-corrected chi connectivity index (χ4v) is 3.93. The largest absolute Gasteiger partial charge is 0.310 e. The van der Waals surface area contributed by atoms with Crippen LogP contribution in [0.3, 0.4) is 0 Å². The summed E-state index contributed by atoms with van der Waals surface area (Å²) in [5.74, 6) is 0. The van der Waals surface area contributed by atoms with E-state index in [9.17, 15) is 0 Å². The van der Waals surface area contributed by atoms with Gasteiger partial charge in [0.25, 0.3) is 0 Å². The molecule has 116 valence electrons. The number of nitrogens with one attached hydrogen (secondary N) is 1. The molecule has 1 unspecified atom stereocenters. The monoisotopic (exact) mass is 295 g/mol. The van der Waals surface area contributed by atoms with Crippen LogP contribution in [0, 0.1) is 0 Å². The van der Waals surface area contributed by atoms with Crippen LogP contribution < -0.4 is 5.32 Å². The Hall–Kier alpha value is -0.340. The lowest BCUT2D eigenvalue weighted by molar-refractivity contribution is 0.479. The summed E-state index contributed by atoms with van der Waals surface area (Å²) >= 11 is 1.93. The van der Waals surface area contributed by atoms with Gasteiger partial charge in [-0.1, -0.05) is 65.7 Å². The van der Waals surface area contributed by atoms with Crippen LogP contribution in [0.1, 0.15) is 88.6 Å². The van der Waals surface area contributed by atoms with Crippen LogP contribution in [-0.2, 0) is 6.42 Å². The van der Waals surface area contributed by atoms with Gasteiger partial charge >= 0.3 is 0 Å². The highest BCUT2D eigenvalue weighted by Gasteiger charge is 2.14. The van der Waals surface area contributed by atoms with E-state index in [0.717, 1.165) is 13.0 Å². The van der Waals surface area contributed by atoms with E-state index in [-0.39, 0.29) is 0 Å². The van der Waals surface area contributed by atoms with Crippen molar-refractivity contribution in [3.05, 3.63) is 21.9 Å². The van der Waals surface area contributed by atoms with Crippen molar-refractivity contribution in [3.63, 3.8) is 0 Å². The highest BCUT2D eigenvalue weighted by atomic mass is 32.1. The molecule has 0 aliphatic heterocycles. The highest BCUT2D eigenvalue weighted by Crippen LogP contribution is 2.29. The maximum absolute atomic E-state index is 3.68. The van der Waals surface area contributed by atoms with E-state index >= 15 is 0 Å². The fraction of sp³-hybridized carbons (Fsp3) is 0.778. The summed E-state index contributed by atoms with van der Waals surface area (Å²) < 4.78 is 0. The molecule has 1 nitrogen and oxygen atoms in total. The molecule has 2 heteroatoms. The van der Waals surface area contributed by atoms with Crippen molar-refractivity contribution in [3.8, 4) is 0 Å². The van der Waals surface area contributed by atoms with Crippen molar-refractivity contribution in [2.45, 2.75) is 84.6 Å². The van der Waals surface area contributed by atoms with Gasteiger partial charge in [-0.3, -0.25) is 0 Å². The van der Waals surface area contributed by atoms with Crippen LogP contribution in [0.15, 0.2) is 11.4 Å². The number of aryl methyl sites for hydroxylation is 1. The van der Waals surface area contributed by atoms with E-state index in [1.54, 1.807) is 10.4 Å². The average Bonchev–Trinajstić information content (AvgIpc) is 2.93. The van der Waals surface area contributed by atoms with Crippen LogP contribution in [-0.4, -0.2) is 6.54 Å². The van der Waals surface area contributed by atoms with E-state index in [1.807, 2.05) is 11.3 Å². The first-order valence-corrected chi connectivity index (χ1v) is 9.51. The number of rotatable bonds is 12. The van der Waals surface area contributed by atoms with Crippen molar-refractivity contribution >= 4 is 11.3 Å². The normalized spacial score (nSPS) is 12.8. The summed E-state index contributed by atoms with van der Waals surface area (Å²) in [4.78, 5) is 1.58. The first-order valence-electron chi connectivity index (χ1n) is 8.63. The Morgan fingerprint density at radius 3 is 2.35 bits per heavy atom. The molecular weight excluding hydrogens is 262 g/mol. The molecule has 1 N–H and O–H groups in total. The van der Waals surface area contributed by atoms with Gasteiger partial charge in [-0.2, -0.15) is 0 Å². The second kappa shape index (κ2) is 11.3. The van der Waals surface area contributed by atoms with Gasteiger partial charge in [-0.25, -0.2) is 0 Å². The topological polar surface area (TPSA) is 12.0 Å². The van der Waals surface area contributed by atoms with Crippen LogP contribution in [0.25, 0.3) is 0 Å². The standard InChI is InChI=1S/C18H33NS/c1-4-7-8-9-10-11-12-13-17(19-6-3)18-16(5-2)14-15-20-18/h14-15,17,19H,4-13H2,1-3H3. The quantitative estimate of drug-likeness (QED) is 0.459. The van der Waals surface area contributed by atoms with Crippen LogP contribution in [0.5, 0.6) is 0 Å². The molecule has 0 bridgehead atoms. The first kappa shape index (κ1) is 17.7. The van der Waals surface area contributed by atoms with Gasteiger partial charge in [0.15, 0.2) is 0 Å². The summed E-state index contributed by atoms with van der Waals surface area (Å²) in [5.41, 5.74) is 1.55. The molecule has 1 atom stereocenters. The van der Waals surface area contributed by atoms with E-state index in [0.29, 0.717) is 6.04 Å². The van der Waals surface area contributed by atoms with Crippen molar-refractivity contribution in [1.29, 1.82) is 0 Å². The Morgan fingerprint density at radius 1 is 1.00 bits per heavy atom. The summed E-state index contributed by atoms with van der Waals surface area (Å²) in [5, 5.41) is 5.93. The van der Waals surface area contributed by atoms with Crippen molar-refractivity contribution in [1.82, 2.24) is 5.32 Å². The zero-order valence-electron chi connectivity index (χ0n) is 13.7. The molecule has 0 aromatic carbocycles. The van der Waals surface area contributed by atoms with Crippen molar-refractivity contribution < 1.29 is 0 Å². The number of unbranched alkanes of at least 4 members (excludes halogenated alkanes) is 6. The van der Waals surface area contributed by atoms with Gasteiger partial charge in [-0.05, 0) is 36.4 Å². The number of hydrogen-bond acceptors (Lipinski definition) is 2. The Balaban J connectivity index is 2.29. The molecule has 0 radical (unpaired) electrons. The second-order valence-corrected chi connectivity index (χ2v) is 6.63. The molecule has 1 rings (SSSR count). The zero-order valence-corrected chi connectivity index (χ0v) is 14.5. The molecule has 20 heavy (non-hydrogen) atoms. The summed E-state index contributed by atoms with van der Waals surface area (Å²) in [6.07, 6.45) is 12.3. The molecule has 1 aromatic rings. The minimum atomic E-state index is 0.589. The summed E-state index contributed by atoms with van der Waals surface area (Å²) in [6, 6.07) is 2.89. The van der Waals surface area contributed by atoms with Gasteiger partial charge in [0.1, 0.15) is 0 Å². The Kier molecular flexibility index (Phi) is 10.0. The van der Waals surface area contributed by atoms with E-state index in [2.05, 4.69) is 37.5 Å². The van der Waals surface area contributed by atoms with Gasteiger partial charge in [-0.15, -0.1) is 11.3 Å². The fourth-order valence-electron chi connectivity index (χ4n) is 2.82. The minimum Gasteiger partial charge on any atom is -0.310 e. The van der Waals surface area contributed by atoms with Crippen LogP contribution in [0.4, 0.5) is 0 Å². The van der Waals surface area contributed by atoms with E-state index < -0.39 is 0 Å². The molecule has 1 aromatic heterocycles. The van der Waals surface area contributed by atoms with Crippen LogP contribution >= 0.6 is 11.3 Å². The van der Waals surface area contributed by atoms with Gasteiger partial charge < -0.3 is 5.32 Å². The Bertz CT molecular complexity index is 332. The summed E-state index contributed by atoms with van der Waals surface area (Å²) in [7, 11) is 0. The van der Waals surface area contributed by atoms with Crippen molar-refractivity contribution in [2.24, 2.45) is 0 Å². The minimum absolute atomic E-state index is 0.589. The molecule has 1 heterocycles. The molecule has 0 fully saturated rings. The molecule has 0 spiro atoms. The Morgan fingerprint density at radius 2 is 1.70 bits per heavy atom. The average molecular weight is 296 g/mol. The van der Waals surface area contributed by atoms with Gasteiger partial charge in [0, 0.05) is 10.9 Å². The predicted octanol–water partition coefficient (Wildman–Crippen LogP) is 6.10. The lowest BCUT2D eigenvalue weighted by Crippen LogP contribution is -2.20. The molecule has 0 aliphatic carbocycles. The number of hydrogen-bond donors (Lipinski definition) is 1. The first-order chi connectivity index (χ1) is 9.83. The van der Waals surface area contributed by atoms with E-state index in [1.165, 1.54) is 51.4 Å². The molecule has 0 saturated carbocycles. The second-order valence-electron chi connectivity index (χ2n) is 5.68. The van der Waals surface area contributed by atoms with Gasteiger partial charge in [0.05, 0.1) is 0 Å². The molecule has 0 saturated heterocycles. The lowest BCUT2D eigenvalue weighted by Gasteiger charge is -2.18. The molecule has 0 amide bonds. The lowest BCUT2D eigenvalue weighted by atomic mass is 10.0. The smallest absolute Gasteiger partial charge is 0.0417 e. The molecule has 0 aliphatic rings. The predicted molar refractivity (Wildman–Crippen MR) is 92.7 cm³/mol. The Labute approximate surface area is 130 Å². The molecular formula is C18H33NS. The maximum atomic E-state index is 3.68. The highest BCUT2D eigenvalue weighted by molar-refractivity contribution is 7.10. The SMILES string of the molecule is CCCCCCCCCC(NCC)c1sccc1CC. The third kappa shape index (κ3) is 6.41. The third-order valence-electron chi connectivity index (χ3n) is 4.02. The van der Waals surface area contributed by atoms with Gasteiger partial charge in [0.2, 0.25) is 0 Å². The number of thiophene rings is 1.